The second-order valence-electron chi connectivity index (χ2n) is 8.12. The molecule has 0 spiro atoms. The van der Waals surface area contributed by atoms with Gasteiger partial charge in [0.05, 0.1) is 0 Å². The van der Waals surface area contributed by atoms with Crippen LogP contribution in [0.25, 0.3) is 0 Å². The number of aryl methyl sites for hydroxylation is 1. The summed E-state index contributed by atoms with van der Waals surface area (Å²) in [6, 6.07) is 3.26. The van der Waals surface area contributed by atoms with E-state index in [1.54, 1.807) is 6.33 Å². The second kappa shape index (κ2) is 7.30. The van der Waals surface area contributed by atoms with Gasteiger partial charge >= 0.3 is 0 Å². The summed E-state index contributed by atoms with van der Waals surface area (Å²) in [4.78, 5) is 26.0. The van der Waals surface area contributed by atoms with Crippen molar-refractivity contribution in [2.45, 2.75) is 76.8 Å². The van der Waals surface area contributed by atoms with Gasteiger partial charge in [0.15, 0.2) is 0 Å². The van der Waals surface area contributed by atoms with Crippen molar-refractivity contribution in [2.24, 2.45) is 5.92 Å². The number of hydrogen-bond donors (Lipinski definition) is 0. The maximum Gasteiger partial charge on any atom is 0.222 e. The number of amides is 1. The topological polar surface area (TPSA) is 49.3 Å². The van der Waals surface area contributed by atoms with Gasteiger partial charge in [-0.15, -0.1) is 0 Å². The molecule has 0 N–H and O–H groups in total. The van der Waals surface area contributed by atoms with Crippen LogP contribution >= 0.6 is 0 Å². The fourth-order valence-electron chi connectivity index (χ4n) is 4.59. The molecule has 0 aromatic carbocycles. The molecule has 2 aliphatic carbocycles. The molecule has 0 unspecified atom stereocenters. The summed E-state index contributed by atoms with van der Waals surface area (Å²) in [5.41, 5.74) is 1.03. The number of aromatic nitrogens is 2. The number of piperidine rings is 1. The van der Waals surface area contributed by atoms with E-state index in [2.05, 4.69) is 25.8 Å². The normalized spacial score (nSPS) is 22.4. The van der Waals surface area contributed by atoms with Crippen molar-refractivity contribution in [2.75, 3.05) is 18.0 Å². The van der Waals surface area contributed by atoms with E-state index >= 15 is 0 Å². The van der Waals surface area contributed by atoms with Crippen molar-refractivity contribution in [3.8, 4) is 0 Å². The highest BCUT2D eigenvalue weighted by Gasteiger charge is 2.37. The number of likely N-dealkylation sites (tertiary alicyclic amines) is 1. The van der Waals surface area contributed by atoms with Crippen LogP contribution in [0.15, 0.2) is 12.4 Å². The Hall–Kier alpha value is -1.65. The first-order chi connectivity index (χ1) is 12.2. The first kappa shape index (κ1) is 16.8. The molecule has 2 saturated carbocycles. The standard InChI is InChI=1S/C20H30N4O/c1-15-12-19(22-14-21-15)24(17-6-7-17)18-8-10-23(11-9-18)20(25)13-16-4-2-3-5-16/h12,14,16-18H,2-11,13H2,1H3. The van der Waals surface area contributed by atoms with Gasteiger partial charge in [-0.2, -0.15) is 0 Å². The number of carbonyl (C=O) groups is 1. The molecular weight excluding hydrogens is 312 g/mol. The van der Waals surface area contributed by atoms with E-state index in [4.69, 9.17) is 0 Å². The molecule has 5 heteroatoms. The molecule has 3 fully saturated rings. The van der Waals surface area contributed by atoms with Crippen molar-refractivity contribution < 1.29 is 4.79 Å². The largest absolute Gasteiger partial charge is 0.350 e. The third-order valence-corrected chi connectivity index (χ3v) is 6.14. The fraction of sp³-hybridized carbons (Fsp3) is 0.750. The molecule has 3 aliphatic rings. The summed E-state index contributed by atoms with van der Waals surface area (Å²) < 4.78 is 0. The van der Waals surface area contributed by atoms with Crippen molar-refractivity contribution in [1.29, 1.82) is 0 Å². The number of anilines is 1. The van der Waals surface area contributed by atoms with Gasteiger partial charge in [0.2, 0.25) is 5.91 Å². The Balaban J connectivity index is 1.36. The molecule has 1 aromatic heterocycles. The quantitative estimate of drug-likeness (QED) is 0.823. The van der Waals surface area contributed by atoms with Gasteiger partial charge in [-0.3, -0.25) is 4.79 Å². The summed E-state index contributed by atoms with van der Waals surface area (Å²) in [7, 11) is 0. The van der Waals surface area contributed by atoms with Crippen LogP contribution < -0.4 is 4.90 Å². The highest BCUT2D eigenvalue weighted by atomic mass is 16.2. The van der Waals surface area contributed by atoms with Gasteiger partial charge in [-0.05, 0) is 51.4 Å². The molecule has 0 atom stereocenters. The zero-order chi connectivity index (χ0) is 17.2. The molecule has 0 bridgehead atoms. The lowest BCUT2D eigenvalue weighted by atomic mass is 9.99. The van der Waals surface area contributed by atoms with E-state index in [1.807, 2.05) is 6.92 Å². The molecule has 1 amide bonds. The molecule has 1 aromatic rings. The Morgan fingerprint density at radius 2 is 1.76 bits per heavy atom. The van der Waals surface area contributed by atoms with Crippen LogP contribution in [0.3, 0.4) is 0 Å². The van der Waals surface area contributed by atoms with Crippen molar-refractivity contribution in [3.05, 3.63) is 18.1 Å². The van der Waals surface area contributed by atoms with Crippen molar-refractivity contribution in [1.82, 2.24) is 14.9 Å². The van der Waals surface area contributed by atoms with Crippen LogP contribution in [0, 0.1) is 12.8 Å². The van der Waals surface area contributed by atoms with E-state index in [0.29, 0.717) is 23.9 Å². The molecule has 5 nitrogen and oxygen atoms in total. The van der Waals surface area contributed by atoms with Gasteiger partial charge < -0.3 is 9.80 Å². The summed E-state index contributed by atoms with van der Waals surface area (Å²) in [6.07, 6.45) is 12.3. The highest BCUT2D eigenvalue weighted by Crippen LogP contribution is 2.35. The molecular formula is C20H30N4O. The van der Waals surface area contributed by atoms with Crippen LogP contribution in [-0.2, 0) is 4.79 Å². The minimum Gasteiger partial charge on any atom is -0.350 e. The first-order valence-corrected chi connectivity index (χ1v) is 10.1. The van der Waals surface area contributed by atoms with Crippen molar-refractivity contribution in [3.63, 3.8) is 0 Å². The van der Waals surface area contributed by atoms with E-state index < -0.39 is 0 Å². The van der Waals surface area contributed by atoms with Gasteiger partial charge in [-0.1, -0.05) is 12.8 Å². The summed E-state index contributed by atoms with van der Waals surface area (Å²) >= 11 is 0. The molecule has 136 valence electrons. The third kappa shape index (κ3) is 3.96. The minimum atomic E-state index is 0.390. The SMILES string of the molecule is Cc1cc(N(C2CC2)C2CCN(C(=O)CC3CCCC3)CC2)ncn1. The Labute approximate surface area is 150 Å². The van der Waals surface area contributed by atoms with Gasteiger partial charge in [-0.25, -0.2) is 9.97 Å². The average molecular weight is 342 g/mol. The number of rotatable bonds is 5. The maximum absolute atomic E-state index is 12.6. The monoisotopic (exact) mass is 342 g/mol. The zero-order valence-electron chi connectivity index (χ0n) is 15.4. The lowest BCUT2D eigenvalue weighted by Gasteiger charge is -2.39. The Bertz CT molecular complexity index is 601. The van der Waals surface area contributed by atoms with Crippen LogP contribution in [-0.4, -0.2) is 45.9 Å². The molecule has 1 aliphatic heterocycles. The van der Waals surface area contributed by atoms with Gasteiger partial charge in [0.1, 0.15) is 12.1 Å². The van der Waals surface area contributed by atoms with E-state index in [1.165, 1.54) is 38.5 Å². The lowest BCUT2D eigenvalue weighted by Crippen LogP contribution is -2.48. The number of hydrogen-bond acceptors (Lipinski definition) is 4. The highest BCUT2D eigenvalue weighted by molar-refractivity contribution is 5.76. The summed E-state index contributed by atoms with van der Waals surface area (Å²) in [5.74, 6) is 2.11. The molecule has 2 heterocycles. The molecule has 4 rings (SSSR count). The number of carbonyl (C=O) groups excluding carboxylic acids is 1. The second-order valence-corrected chi connectivity index (χ2v) is 8.12. The Morgan fingerprint density at radius 1 is 1.08 bits per heavy atom. The predicted molar refractivity (Wildman–Crippen MR) is 98.4 cm³/mol. The number of nitrogens with zero attached hydrogens (tertiary/aromatic N) is 4. The van der Waals surface area contributed by atoms with E-state index in [0.717, 1.165) is 43.9 Å². The van der Waals surface area contributed by atoms with Gasteiger partial charge in [0, 0.05) is 43.4 Å². The molecule has 0 radical (unpaired) electrons. The van der Waals surface area contributed by atoms with Gasteiger partial charge in [0.25, 0.3) is 0 Å². The zero-order valence-corrected chi connectivity index (χ0v) is 15.4. The average Bonchev–Trinajstić information content (AvgIpc) is 3.31. The lowest BCUT2D eigenvalue weighted by molar-refractivity contribution is -0.133. The maximum atomic E-state index is 12.6. The first-order valence-electron chi connectivity index (χ1n) is 10.1. The van der Waals surface area contributed by atoms with Crippen LogP contribution in [0.2, 0.25) is 0 Å². The Morgan fingerprint density at radius 3 is 2.40 bits per heavy atom. The smallest absolute Gasteiger partial charge is 0.222 e. The fourth-order valence-corrected chi connectivity index (χ4v) is 4.59. The minimum absolute atomic E-state index is 0.390. The summed E-state index contributed by atoms with van der Waals surface area (Å²) in [5, 5.41) is 0. The van der Waals surface area contributed by atoms with Crippen molar-refractivity contribution >= 4 is 11.7 Å². The Kier molecular flexibility index (Phi) is 4.91. The third-order valence-electron chi connectivity index (χ3n) is 6.14. The molecule has 25 heavy (non-hydrogen) atoms. The predicted octanol–water partition coefficient (Wildman–Crippen LogP) is 3.33. The van der Waals surface area contributed by atoms with E-state index in [-0.39, 0.29) is 0 Å². The summed E-state index contributed by atoms with van der Waals surface area (Å²) in [6.45, 7) is 3.84. The van der Waals surface area contributed by atoms with Crippen LogP contribution in [0.1, 0.15) is 63.5 Å². The van der Waals surface area contributed by atoms with E-state index in [9.17, 15) is 4.79 Å². The van der Waals surface area contributed by atoms with Crippen LogP contribution in [0.5, 0.6) is 0 Å². The molecule has 1 saturated heterocycles. The van der Waals surface area contributed by atoms with Crippen LogP contribution in [0.4, 0.5) is 5.82 Å².